The van der Waals surface area contributed by atoms with E-state index in [0.717, 1.165) is 40.2 Å². The van der Waals surface area contributed by atoms with Crippen molar-refractivity contribution in [2.75, 3.05) is 18.0 Å². The minimum absolute atomic E-state index is 0.179. The van der Waals surface area contributed by atoms with Gasteiger partial charge in [0.15, 0.2) is 11.5 Å². The molecule has 26 heavy (non-hydrogen) atoms. The van der Waals surface area contributed by atoms with Crippen LogP contribution in [0.15, 0.2) is 41.0 Å². The number of anilines is 1. The van der Waals surface area contributed by atoms with E-state index in [1.54, 1.807) is 4.52 Å². The average molecular weight is 414 g/mol. The van der Waals surface area contributed by atoms with Crippen LogP contribution in [0.25, 0.3) is 5.52 Å². The lowest BCUT2D eigenvalue weighted by Gasteiger charge is -2.17. The Hall–Kier alpha value is -2.41. The van der Waals surface area contributed by atoms with E-state index in [9.17, 15) is 4.79 Å². The summed E-state index contributed by atoms with van der Waals surface area (Å²) in [6, 6.07) is 9.71. The zero-order valence-corrected chi connectivity index (χ0v) is 16.2. The van der Waals surface area contributed by atoms with Crippen molar-refractivity contribution in [2.45, 2.75) is 26.3 Å². The van der Waals surface area contributed by atoms with Gasteiger partial charge in [0.2, 0.25) is 0 Å². The number of rotatable bonds is 4. The smallest absolute Gasteiger partial charge is 0.272 e. The van der Waals surface area contributed by atoms with Crippen molar-refractivity contribution in [2.24, 2.45) is 0 Å². The van der Waals surface area contributed by atoms with E-state index >= 15 is 0 Å². The van der Waals surface area contributed by atoms with Gasteiger partial charge >= 0.3 is 0 Å². The van der Waals surface area contributed by atoms with E-state index in [1.807, 2.05) is 43.5 Å². The van der Waals surface area contributed by atoms with Crippen molar-refractivity contribution >= 4 is 33.2 Å². The monoisotopic (exact) mass is 413 g/mol. The zero-order valence-electron chi connectivity index (χ0n) is 14.6. The Morgan fingerprint density at radius 2 is 1.96 bits per heavy atom. The summed E-state index contributed by atoms with van der Waals surface area (Å²) >= 11 is 3.41. The molecule has 3 aromatic rings. The summed E-state index contributed by atoms with van der Waals surface area (Å²) in [5.41, 5.74) is 3.23. The van der Waals surface area contributed by atoms with Crippen LogP contribution < -0.4 is 10.2 Å². The number of benzene rings is 1. The van der Waals surface area contributed by atoms with Gasteiger partial charge in [0, 0.05) is 30.2 Å². The number of halogens is 1. The second-order valence-corrected chi connectivity index (χ2v) is 7.48. The molecule has 2 aromatic heterocycles. The second-order valence-electron chi connectivity index (χ2n) is 6.57. The molecule has 1 amide bonds. The standard InChI is InChI=1S/C19H20BrN5O/c1-13-12-25-17(18(22-13)24-8-2-3-9-24)10-16(23-25)19(26)21-11-14-4-6-15(20)7-5-14/h4-7,10,12H,2-3,8-9,11H2,1H3,(H,21,26). The van der Waals surface area contributed by atoms with Crippen LogP contribution in [0, 0.1) is 6.92 Å². The molecule has 0 radical (unpaired) electrons. The third-order valence-electron chi connectivity index (χ3n) is 4.56. The fraction of sp³-hybridized carbons (Fsp3) is 0.316. The van der Waals surface area contributed by atoms with E-state index in [4.69, 9.17) is 0 Å². The Bertz CT molecular complexity index is 944. The topological polar surface area (TPSA) is 62.5 Å². The van der Waals surface area contributed by atoms with Gasteiger partial charge < -0.3 is 10.2 Å². The number of aryl methyl sites for hydroxylation is 1. The normalized spacial score (nSPS) is 14.2. The van der Waals surface area contributed by atoms with E-state index < -0.39 is 0 Å². The van der Waals surface area contributed by atoms with Crippen LogP contribution in [0.4, 0.5) is 5.82 Å². The molecule has 134 valence electrons. The van der Waals surface area contributed by atoms with Gasteiger partial charge in [-0.1, -0.05) is 28.1 Å². The van der Waals surface area contributed by atoms with Crippen molar-refractivity contribution in [3.8, 4) is 0 Å². The molecule has 0 saturated carbocycles. The number of aromatic nitrogens is 3. The highest BCUT2D eigenvalue weighted by molar-refractivity contribution is 9.10. The summed E-state index contributed by atoms with van der Waals surface area (Å²) in [6.07, 6.45) is 4.22. The number of carbonyl (C=O) groups is 1. The summed E-state index contributed by atoms with van der Waals surface area (Å²) in [7, 11) is 0. The third kappa shape index (κ3) is 3.44. The number of nitrogens with zero attached hydrogens (tertiary/aromatic N) is 4. The van der Waals surface area contributed by atoms with Crippen molar-refractivity contribution < 1.29 is 4.79 Å². The molecule has 0 unspecified atom stereocenters. The molecule has 7 heteroatoms. The second kappa shape index (κ2) is 7.07. The molecule has 1 aromatic carbocycles. The maximum atomic E-state index is 12.5. The van der Waals surface area contributed by atoms with Crippen LogP contribution in [0.1, 0.15) is 34.6 Å². The minimum atomic E-state index is -0.179. The predicted molar refractivity (Wildman–Crippen MR) is 104 cm³/mol. The van der Waals surface area contributed by atoms with E-state index in [-0.39, 0.29) is 5.91 Å². The molecule has 1 fully saturated rings. The summed E-state index contributed by atoms with van der Waals surface area (Å²) in [4.78, 5) is 19.5. The molecule has 6 nitrogen and oxygen atoms in total. The number of hydrogen-bond donors (Lipinski definition) is 1. The lowest BCUT2D eigenvalue weighted by Crippen LogP contribution is -2.23. The molecule has 0 aliphatic carbocycles. The molecule has 1 aliphatic rings. The average Bonchev–Trinajstić information content (AvgIpc) is 3.30. The van der Waals surface area contributed by atoms with E-state index in [1.165, 1.54) is 12.8 Å². The van der Waals surface area contributed by atoms with Gasteiger partial charge in [-0.15, -0.1) is 0 Å². The van der Waals surface area contributed by atoms with Crippen LogP contribution in [-0.2, 0) is 6.54 Å². The largest absolute Gasteiger partial charge is 0.355 e. The molecule has 3 heterocycles. The van der Waals surface area contributed by atoms with Crippen molar-refractivity contribution in [3.05, 3.63) is 58.0 Å². The predicted octanol–water partition coefficient (Wildman–Crippen LogP) is 3.33. The first kappa shape index (κ1) is 17.0. The Balaban J connectivity index is 1.57. The van der Waals surface area contributed by atoms with Gasteiger partial charge in [0.1, 0.15) is 5.52 Å². The Morgan fingerprint density at radius 3 is 2.69 bits per heavy atom. The third-order valence-corrected chi connectivity index (χ3v) is 5.09. The van der Waals surface area contributed by atoms with E-state index in [2.05, 4.69) is 36.2 Å². The minimum Gasteiger partial charge on any atom is -0.355 e. The number of fused-ring (bicyclic) bond motifs is 1. The lowest BCUT2D eigenvalue weighted by atomic mass is 10.2. The Morgan fingerprint density at radius 1 is 1.23 bits per heavy atom. The molecule has 0 spiro atoms. The van der Waals surface area contributed by atoms with Gasteiger partial charge in [-0.25, -0.2) is 9.50 Å². The summed E-state index contributed by atoms with van der Waals surface area (Å²) in [5, 5.41) is 7.40. The van der Waals surface area contributed by atoms with Crippen LogP contribution in [-0.4, -0.2) is 33.6 Å². The van der Waals surface area contributed by atoms with Gasteiger partial charge in [0.25, 0.3) is 5.91 Å². The van der Waals surface area contributed by atoms with E-state index in [0.29, 0.717) is 12.2 Å². The maximum Gasteiger partial charge on any atom is 0.272 e. The molecule has 0 bridgehead atoms. The van der Waals surface area contributed by atoms with Gasteiger partial charge in [-0.2, -0.15) is 5.10 Å². The van der Waals surface area contributed by atoms with Gasteiger partial charge in [-0.05, 0) is 37.5 Å². The molecular weight excluding hydrogens is 394 g/mol. The first-order chi connectivity index (χ1) is 12.6. The first-order valence-corrected chi connectivity index (χ1v) is 9.54. The van der Waals surface area contributed by atoms with Crippen LogP contribution in [0.5, 0.6) is 0 Å². The fourth-order valence-electron chi connectivity index (χ4n) is 3.24. The lowest BCUT2D eigenvalue weighted by molar-refractivity contribution is 0.0945. The van der Waals surface area contributed by atoms with Gasteiger partial charge in [0.05, 0.1) is 11.9 Å². The number of amides is 1. The summed E-state index contributed by atoms with van der Waals surface area (Å²) in [5.74, 6) is 0.739. The van der Waals surface area contributed by atoms with Crippen molar-refractivity contribution in [1.29, 1.82) is 0 Å². The van der Waals surface area contributed by atoms with Crippen molar-refractivity contribution in [3.63, 3.8) is 0 Å². The Labute approximate surface area is 160 Å². The highest BCUT2D eigenvalue weighted by Gasteiger charge is 2.20. The highest BCUT2D eigenvalue weighted by Crippen LogP contribution is 2.24. The van der Waals surface area contributed by atoms with Crippen LogP contribution in [0.3, 0.4) is 0 Å². The first-order valence-electron chi connectivity index (χ1n) is 8.75. The molecule has 1 N–H and O–H groups in total. The summed E-state index contributed by atoms with van der Waals surface area (Å²) < 4.78 is 2.79. The van der Waals surface area contributed by atoms with Crippen LogP contribution in [0.2, 0.25) is 0 Å². The quantitative estimate of drug-likeness (QED) is 0.712. The molecule has 1 saturated heterocycles. The number of nitrogens with one attached hydrogen (secondary N) is 1. The molecule has 1 aliphatic heterocycles. The highest BCUT2D eigenvalue weighted by atomic mass is 79.9. The number of carbonyl (C=O) groups excluding carboxylic acids is 1. The number of hydrogen-bond acceptors (Lipinski definition) is 4. The zero-order chi connectivity index (χ0) is 18.1. The fourth-order valence-corrected chi connectivity index (χ4v) is 3.50. The maximum absolute atomic E-state index is 12.5. The van der Waals surface area contributed by atoms with Crippen molar-refractivity contribution in [1.82, 2.24) is 19.9 Å². The summed E-state index contributed by atoms with van der Waals surface area (Å²) in [6.45, 7) is 4.43. The van der Waals surface area contributed by atoms with Crippen LogP contribution >= 0.6 is 15.9 Å². The van der Waals surface area contributed by atoms with Gasteiger partial charge in [-0.3, -0.25) is 4.79 Å². The Kier molecular flexibility index (Phi) is 4.63. The molecular formula is C19H20BrN5O. The molecule has 4 rings (SSSR count). The SMILES string of the molecule is Cc1cn2nc(C(=O)NCc3ccc(Br)cc3)cc2c(N2CCCC2)n1. The molecule has 0 atom stereocenters.